The Balaban J connectivity index is 1.90. The van der Waals surface area contributed by atoms with E-state index in [1.807, 2.05) is 55.5 Å². The van der Waals surface area contributed by atoms with Crippen LogP contribution in [0.5, 0.6) is 0 Å². The second-order valence-electron chi connectivity index (χ2n) is 6.99. The zero-order chi connectivity index (χ0) is 19.7. The van der Waals surface area contributed by atoms with Crippen molar-refractivity contribution in [3.05, 3.63) is 82.0 Å². The average Bonchev–Trinajstić information content (AvgIpc) is 3.12. The van der Waals surface area contributed by atoms with Crippen molar-refractivity contribution in [1.82, 2.24) is 14.7 Å². The first-order chi connectivity index (χ1) is 13.5. The molecule has 0 radical (unpaired) electrons. The van der Waals surface area contributed by atoms with E-state index in [-0.39, 0.29) is 11.5 Å². The van der Waals surface area contributed by atoms with Gasteiger partial charge >= 0.3 is 0 Å². The van der Waals surface area contributed by atoms with E-state index < -0.39 is 0 Å². The summed E-state index contributed by atoms with van der Waals surface area (Å²) < 4.78 is 7.05. The van der Waals surface area contributed by atoms with E-state index in [9.17, 15) is 4.79 Å². The molecular weight excluding hydrogens is 370 g/mol. The zero-order valence-corrected chi connectivity index (χ0v) is 16.9. The summed E-state index contributed by atoms with van der Waals surface area (Å²) in [6, 6.07) is 17.4. The van der Waals surface area contributed by atoms with Crippen LogP contribution in [0.25, 0.3) is 16.6 Å². The molecule has 0 aliphatic rings. The maximum Gasteiger partial charge on any atom is 0.266 e. The first-order valence-electron chi connectivity index (χ1n) is 9.20. The van der Waals surface area contributed by atoms with Gasteiger partial charge in [-0.2, -0.15) is 0 Å². The molecule has 28 heavy (non-hydrogen) atoms. The second-order valence-corrected chi connectivity index (χ2v) is 7.93. The van der Waals surface area contributed by atoms with E-state index in [4.69, 9.17) is 9.51 Å². The SMILES string of the molecule is Cc1cc(CSc2nc3ccccc3c(=O)n2-c2ccccc2C(C)C)on1. The summed E-state index contributed by atoms with van der Waals surface area (Å²) in [6.07, 6.45) is 0. The van der Waals surface area contributed by atoms with Crippen molar-refractivity contribution in [1.29, 1.82) is 0 Å². The monoisotopic (exact) mass is 391 g/mol. The number of nitrogens with zero attached hydrogens (tertiary/aromatic N) is 3. The van der Waals surface area contributed by atoms with Crippen LogP contribution in [0.15, 0.2) is 69.1 Å². The predicted molar refractivity (Wildman–Crippen MR) is 112 cm³/mol. The van der Waals surface area contributed by atoms with Crippen LogP contribution in [0.1, 0.15) is 36.8 Å². The fourth-order valence-electron chi connectivity index (χ4n) is 3.22. The Bertz CT molecular complexity index is 1190. The summed E-state index contributed by atoms with van der Waals surface area (Å²) in [5.74, 6) is 1.59. The van der Waals surface area contributed by atoms with Crippen molar-refractivity contribution in [2.24, 2.45) is 0 Å². The lowest BCUT2D eigenvalue weighted by molar-refractivity contribution is 0.391. The topological polar surface area (TPSA) is 60.9 Å². The predicted octanol–water partition coefficient (Wildman–Crippen LogP) is 5.10. The highest BCUT2D eigenvalue weighted by Crippen LogP contribution is 2.28. The van der Waals surface area contributed by atoms with Gasteiger partial charge in [-0.1, -0.05) is 61.1 Å². The minimum absolute atomic E-state index is 0.0602. The smallest absolute Gasteiger partial charge is 0.266 e. The van der Waals surface area contributed by atoms with Crippen LogP contribution < -0.4 is 5.56 Å². The summed E-state index contributed by atoms with van der Waals surface area (Å²) in [4.78, 5) is 18.2. The van der Waals surface area contributed by atoms with Gasteiger partial charge in [-0.05, 0) is 36.6 Å². The lowest BCUT2D eigenvalue weighted by atomic mass is 10.0. The van der Waals surface area contributed by atoms with Crippen LogP contribution in [0, 0.1) is 6.92 Å². The Labute approximate surface area is 167 Å². The molecule has 0 atom stereocenters. The van der Waals surface area contributed by atoms with Crippen molar-refractivity contribution in [3.8, 4) is 5.69 Å². The van der Waals surface area contributed by atoms with Crippen LogP contribution in [-0.4, -0.2) is 14.7 Å². The van der Waals surface area contributed by atoms with Crippen molar-refractivity contribution in [2.75, 3.05) is 0 Å². The molecule has 4 aromatic rings. The van der Waals surface area contributed by atoms with E-state index in [0.29, 0.717) is 21.8 Å². The summed E-state index contributed by atoms with van der Waals surface area (Å²) >= 11 is 1.48. The highest BCUT2D eigenvalue weighted by atomic mass is 32.2. The van der Waals surface area contributed by atoms with Crippen LogP contribution in [-0.2, 0) is 5.75 Å². The number of hydrogen-bond acceptors (Lipinski definition) is 5. The van der Waals surface area contributed by atoms with Gasteiger partial charge in [-0.3, -0.25) is 9.36 Å². The van der Waals surface area contributed by atoms with Gasteiger partial charge in [0.1, 0.15) is 5.76 Å². The number of aryl methyl sites for hydroxylation is 1. The van der Waals surface area contributed by atoms with Gasteiger partial charge in [0.2, 0.25) is 0 Å². The van der Waals surface area contributed by atoms with E-state index in [1.165, 1.54) is 11.8 Å². The molecule has 0 bridgehead atoms. The molecule has 0 saturated carbocycles. The third-order valence-corrected chi connectivity index (χ3v) is 5.53. The lowest BCUT2D eigenvalue weighted by Gasteiger charge is -2.18. The van der Waals surface area contributed by atoms with Gasteiger partial charge in [-0.15, -0.1) is 0 Å². The Morgan fingerprint density at radius 2 is 1.86 bits per heavy atom. The summed E-state index contributed by atoms with van der Waals surface area (Å²) in [5, 5.41) is 5.19. The zero-order valence-electron chi connectivity index (χ0n) is 16.0. The minimum atomic E-state index is -0.0602. The van der Waals surface area contributed by atoms with Crippen molar-refractivity contribution >= 4 is 22.7 Å². The normalized spacial score (nSPS) is 11.4. The number of para-hydroxylation sites is 2. The number of rotatable bonds is 5. The average molecular weight is 391 g/mol. The van der Waals surface area contributed by atoms with Gasteiger partial charge in [0.15, 0.2) is 5.16 Å². The fraction of sp³-hybridized carbons (Fsp3) is 0.227. The largest absolute Gasteiger partial charge is 0.360 e. The summed E-state index contributed by atoms with van der Waals surface area (Å²) in [5.41, 5.74) is 3.46. The number of benzene rings is 2. The third kappa shape index (κ3) is 3.47. The summed E-state index contributed by atoms with van der Waals surface area (Å²) in [6.45, 7) is 6.14. The maximum atomic E-state index is 13.4. The van der Waals surface area contributed by atoms with Gasteiger partial charge in [-0.25, -0.2) is 4.98 Å². The van der Waals surface area contributed by atoms with Crippen LogP contribution in [0.2, 0.25) is 0 Å². The van der Waals surface area contributed by atoms with Crippen LogP contribution >= 0.6 is 11.8 Å². The molecule has 0 amide bonds. The van der Waals surface area contributed by atoms with E-state index in [1.54, 1.807) is 4.57 Å². The molecule has 2 aromatic heterocycles. The van der Waals surface area contributed by atoms with Gasteiger partial charge in [0.25, 0.3) is 5.56 Å². The highest BCUT2D eigenvalue weighted by molar-refractivity contribution is 7.98. The molecule has 0 spiro atoms. The molecule has 2 aromatic carbocycles. The quantitative estimate of drug-likeness (QED) is 0.350. The molecule has 0 unspecified atom stereocenters. The number of thioether (sulfide) groups is 1. The molecule has 0 fully saturated rings. The lowest BCUT2D eigenvalue weighted by Crippen LogP contribution is -2.23. The molecule has 142 valence electrons. The second kappa shape index (κ2) is 7.64. The molecule has 5 nitrogen and oxygen atoms in total. The molecule has 6 heteroatoms. The van der Waals surface area contributed by atoms with Crippen molar-refractivity contribution in [3.63, 3.8) is 0 Å². The number of hydrogen-bond donors (Lipinski definition) is 0. The molecular formula is C22H21N3O2S. The Hall–Kier alpha value is -2.86. The highest BCUT2D eigenvalue weighted by Gasteiger charge is 2.17. The minimum Gasteiger partial charge on any atom is -0.360 e. The van der Waals surface area contributed by atoms with Crippen molar-refractivity contribution in [2.45, 2.75) is 37.6 Å². The third-order valence-electron chi connectivity index (χ3n) is 4.56. The van der Waals surface area contributed by atoms with Gasteiger partial charge in [0, 0.05) is 6.07 Å². The van der Waals surface area contributed by atoms with E-state index in [2.05, 4.69) is 25.1 Å². The van der Waals surface area contributed by atoms with Crippen LogP contribution in [0.4, 0.5) is 0 Å². The van der Waals surface area contributed by atoms with Crippen molar-refractivity contribution < 1.29 is 4.52 Å². The van der Waals surface area contributed by atoms with E-state index >= 15 is 0 Å². The van der Waals surface area contributed by atoms with E-state index in [0.717, 1.165) is 22.7 Å². The molecule has 0 aliphatic carbocycles. The van der Waals surface area contributed by atoms with Gasteiger partial charge in [0.05, 0.1) is 28.0 Å². The standard InChI is InChI=1S/C22H21N3O2S/c1-14(2)17-8-5-7-11-20(17)25-21(26)18-9-4-6-10-19(18)23-22(25)28-13-16-12-15(3)24-27-16/h4-12,14H,13H2,1-3H3. The molecule has 2 heterocycles. The maximum absolute atomic E-state index is 13.4. The first-order valence-corrected chi connectivity index (χ1v) is 10.2. The Morgan fingerprint density at radius 1 is 1.11 bits per heavy atom. The molecule has 0 N–H and O–H groups in total. The Kier molecular flexibility index (Phi) is 5.05. The Morgan fingerprint density at radius 3 is 2.61 bits per heavy atom. The molecule has 0 saturated heterocycles. The number of fused-ring (bicyclic) bond motifs is 1. The molecule has 0 aliphatic heterocycles. The van der Waals surface area contributed by atoms with Gasteiger partial charge < -0.3 is 4.52 Å². The number of aromatic nitrogens is 3. The first kappa shape index (κ1) is 18.5. The summed E-state index contributed by atoms with van der Waals surface area (Å²) in [7, 11) is 0. The fourth-order valence-corrected chi connectivity index (χ4v) is 4.10. The van der Waals surface area contributed by atoms with Crippen LogP contribution in [0.3, 0.4) is 0 Å². The molecule has 4 rings (SSSR count).